The van der Waals surface area contributed by atoms with Gasteiger partial charge in [-0.1, -0.05) is 30.3 Å². The van der Waals surface area contributed by atoms with Gasteiger partial charge in [-0.05, 0) is 62.0 Å². The fourth-order valence-corrected chi connectivity index (χ4v) is 4.56. The van der Waals surface area contributed by atoms with Crippen LogP contribution in [-0.4, -0.2) is 42.0 Å². The van der Waals surface area contributed by atoms with E-state index in [-0.39, 0.29) is 5.78 Å². The Bertz CT molecular complexity index is 1070. The van der Waals surface area contributed by atoms with Crippen LogP contribution in [0.1, 0.15) is 35.2 Å². The molecule has 5 nitrogen and oxygen atoms in total. The Hall–Kier alpha value is -3.10. The van der Waals surface area contributed by atoms with Crippen LogP contribution in [0.3, 0.4) is 0 Å². The van der Waals surface area contributed by atoms with Crippen molar-refractivity contribution in [2.75, 3.05) is 26.7 Å². The summed E-state index contributed by atoms with van der Waals surface area (Å²) in [6, 6.07) is 18.5. The summed E-state index contributed by atoms with van der Waals surface area (Å²) in [5.41, 5.74) is 3.15. The van der Waals surface area contributed by atoms with Crippen LogP contribution >= 0.6 is 0 Å². The molecule has 4 rings (SSSR count). The molecule has 0 spiro atoms. The Balaban J connectivity index is 1.35. The van der Waals surface area contributed by atoms with E-state index in [0.29, 0.717) is 25.4 Å². The van der Waals surface area contributed by atoms with E-state index in [9.17, 15) is 4.79 Å². The van der Waals surface area contributed by atoms with Gasteiger partial charge in [0.15, 0.2) is 5.78 Å². The van der Waals surface area contributed by atoms with Crippen LogP contribution in [0.2, 0.25) is 0 Å². The van der Waals surface area contributed by atoms with Crippen LogP contribution in [0, 0.1) is 17.2 Å². The van der Waals surface area contributed by atoms with Gasteiger partial charge in [-0.3, -0.25) is 9.69 Å². The molecule has 5 heteroatoms. The highest BCUT2D eigenvalue weighted by Crippen LogP contribution is 2.25. The molecule has 31 heavy (non-hydrogen) atoms. The number of hydrogen-bond acceptors (Lipinski definition) is 4. The van der Waals surface area contributed by atoms with E-state index in [2.05, 4.69) is 23.1 Å². The fraction of sp³-hybridized carbons (Fsp3) is 0.385. The van der Waals surface area contributed by atoms with Crippen molar-refractivity contribution in [2.45, 2.75) is 32.2 Å². The first kappa shape index (κ1) is 21.1. The van der Waals surface area contributed by atoms with Gasteiger partial charge in [0.25, 0.3) is 0 Å². The predicted molar refractivity (Wildman–Crippen MR) is 122 cm³/mol. The van der Waals surface area contributed by atoms with E-state index in [4.69, 9.17) is 10.00 Å². The topological polar surface area (TPSA) is 58.3 Å². The third-order valence-electron chi connectivity index (χ3n) is 6.31. The zero-order valence-corrected chi connectivity index (χ0v) is 18.1. The van der Waals surface area contributed by atoms with Gasteiger partial charge >= 0.3 is 0 Å². The molecule has 1 aliphatic heterocycles. The highest BCUT2D eigenvalue weighted by atomic mass is 16.5. The van der Waals surface area contributed by atoms with Gasteiger partial charge in [-0.25, -0.2) is 0 Å². The van der Waals surface area contributed by atoms with E-state index in [1.165, 1.54) is 5.56 Å². The van der Waals surface area contributed by atoms with Crippen molar-refractivity contribution >= 4 is 16.7 Å². The molecule has 2 heterocycles. The van der Waals surface area contributed by atoms with Crippen LogP contribution in [0.5, 0.6) is 5.75 Å². The quantitative estimate of drug-likeness (QED) is 0.500. The summed E-state index contributed by atoms with van der Waals surface area (Å²) < 4.78 is 7.27. The molecule has 0 N–H and O–H groups in total. The van der Waals surface area contributed by atoms with Crippen molar-refractivity contribution in [2.24, 2.45) is 5.92 Å². The number of methoxy groups -OCH3 is 1. The summed E-state index contributed by atoms with van der Waals surface area (Å²) >= 11 is 0. The van der Waals surface area contributed by atoms with E-state index in [1.54, 1.807) is 7.11 Å². The monoisotopic (exact) mass is 415 g/mol. The second-order valence-electron chi connectivity index (χ2n) is 8.36. The average Bonchev–Trinajstić information content (AvgIpc) is 3.18. The molecule has 0 unspecified atom stereocenters. The highest BCUT2D eigenvalue weighted by molar-refractivity contribution is 6.09. The number of nitrogens with zero attached hydrogens (tertiary/aromatic N) is 3. The minimum absolute atomic E-state index is 0.167. The number of para-hydroxylation sites is 1. The third-order valence-corrected chi connectivity index (χ3v) is 6.31. The maximum absolute atomic E-state index is 13.1. The normalized spacial score (nSPS) is 15.1. The zero-order chi connectivity index (χ0) is 21.6. The summed E-state index contributed by atoms with van der Waals surface area (Å²) in [5, 5.41) is 9.91. The number of likely N-dealkylation sites (tertiary alicyclic amines) is 1. The third kappa shape index (κ3) is 4.98. The molecule has 0 bridgehead atoms. The first-order chi connectivity index (χ1) is 15.2. The molecule has 1 saturated heterocycles. The zero-order valence-electron chi connectivity index (χ0n) is 18.1. The smallest absolute Gasteiger partial charge is 0.178 e. The van der Waals surface area contributed by atoms with Crippen molar-refractivity contribution in [3.05, 3.63) is 65.9 Å². The number of nitriles is 1. The molecule has 3 aromatic rings. The van der Waals surface area contributed by atoms with Crippen molar-refractivity contribution < 1.29 is 9.53 Å². The summed E-state index contributed by atoms with van der Waals surface area (Å²) in [7, 11) is 1.69. The number of carbonyl (C=O) groups excluding carboxylic acids is 1. The van der Waals surface area contributed by atoms with Crippen LogP contribution in [-0.2, 0) is 13.0 Å². The number of piperidine rings is 1. The number of hydrogen-bond donors (Lipinski definition) is 0. The molecule has 0 amide bonds. The SMILES string of the molecule is COc1ccc(CC2CCN(CC(=O)c3cn(CCC#N)c4ccccc34)CC2)cc1. The first-order valence-electron chi connectivity index (χ1n) is 11.0. The standard InChI is InChI=1S/C26H29N3O2/c1-31-22-9-7-20(8-10-22)17-21-11-15-28(16-12-21)19-26(30)24-18-29(14-4-13-27)25-6-3-2-5-23(24)25/h2-3,5-10,18,21H,4,11-12,14-17,19H2,1H3. The number of Topliss-reactive ketones (excluding diaryl/α,β-unsaturated/α-hetero) is 1. The highest BCUT2D eigenvalue weighted by Gasteiger charge is 2.23. The molecule has 0 aliphatic carbocycles. The number of aryl methyl sites for hydroxylation is 1. The van der Waals surface area contributed by atoms with Crippen LogP contribution < -0.4 is 4.74 Å². The Kier molecular flexibility index (Phi) is 6.69. The van der Waals surface area contributed by atoms with Crippen LogP contribution in [0.15, 0.2) is 54.7 Å². The number of fused-ring (bicyclic) bond motifs is 1. The summed E-state index contributed by atoms with van der Waals surface area (Å²) in [6.07, 6.45) is 5.68. The Labute approximate surface area is 183 Å². The lowest BCUT2D eigenvalue weighted by molar-refractivity contribution is 0.0897. The number of ether oxygens (including phenoxy) is 1. The summed E-state index contributed by atoms with van der Waals surface area (Å²) in [4.78, 5) is 15.4. The van der Waals surface area contributed by atoms with Gasteiger partial charge in [0.2, 0.25) is 0 Å². The lowest BCUT2D eigenvalue weighted by atomic mass is 9.90. The second-order valence-corrected chi connectivity index (χ2v) is 8.36. The molecule has 0 radical (unpaired) electrons. The molecule has 1 aliphatic rings. The number of rotatable bonds is 8. The molecule has 160 valence electrons. The first-order valence-corrected chi connectivity index (χ1v) is 11.0. The molecular weight excluding hydrogens is 386 g/mol. The molecule has 0 saturated carbocycles. The summed E-state index contributed by atoms with van der Waals surface area (Å²) in [5.74, 6) is 1.72. The maximum Gasteiger partial charge on any atom is 0.178 e. The molecule has 2 aromatic carbocycles. The van der Waals surface area contributed by atoms with E-state index in [0.717, 1.165) is 54.6 Å². The molecular formula is C26H29N3O2. The molecule has 0 atom stereocenters. The molecule has 1 aromatic heterocycles. The van der Waals surface area contributed by atoms with Crippen molar-refractivity contribution in [1.82, 2.24) is 9.47 Å². The van der Waals surface area contributed by atoms with Gasteiger partial charge in [0.1, 0.15) is 5.75 Å². The number of ketones is 1. The van der Waals surface area contributed by atoms with Gasteiger partial charge < -0.3 is 9.30 Å². The van der Waals surface area contributed by atoms with Gasteiger partial charge in [-0.15, -0.1) is 0 Å². The lowest BCUT2D eigenvalue weighted by Crippen LogP contribution is -2.37. The van der Waals surface area contributed by atoms with Gasteiger partial charge in [0, 0.05) is 29.2 Å². The minimum atomic E-state index is 0.167. The largest absolute Gasteiger partial charge is 0.497 e. The predicted octanol–water partition coefficient (Wildman–Crippen LogP) is 4.70. The second kappa shape index (κ2) is 9.80. The van der Waals surface area contributed by atoms with Crippen LogP contribution in [0.4, 0.5) is 0 Å². The van der Waals surface area contributed by atoms with Gasteiger partial charge in [-0.2, -0.15) is 5.26 Å². The van der Waals surface area contributed by atoms with Crippen molar-refractivity contribution in [1.29, 1.82) is 5.26 Å². The van der Waals surface area contributed by atoms with E-state index < -0.39 is 0 Å². The Morgan fingerprint density at radius 3 is 2.58 bits per heavy atom. The lowest BCUT2D eigenvalue weighted by Gasteiger charge is -2.31. The maximum atomic E-state index is 13.1. The van der Waals surface area contributed by atoms with Gasteiger partial charge in [0.05, 0.1) is 26.1 Å². The molecule has 1 fully saturated rings. The number of carbonyl (C=O) groups is 1. The minimum Gasteiger partial charge on any atom is -0.497 e. The number of benzene rings is 2. The summed E-state index contributed by atoms with van der Waals surface area (Å²) in [6.45, 7) is 2.99. The average molecular weight is 416 g/mol. The van der Waals surface area contributed by atoms with E-state index in [1.807, 2.05) is 47.2 Å². The van der Waals surface area contributed by atoms with Crippen molar-refractivity contribution in [3.8, 4) is 11.8 Å². The number of aromatic nitrogens is 1. The van der Waals surface area contributed by atoms with Crippen molar-refractivity contribution in [3.63, 3.8) is 0 Å². The van der Waals surface area contributed by atoms with Crippen LogP contribution in [0.25, 0.3) is 10.9 Å². The van der Waals surface area contributed by atoms with E-state index >= 15 is 0 Å². The Morgan fingerprint density at radius 1 is 1.13 bits per heavy atom. The Morgan fingerprint density at radius 2 is 1.87 bits per heavy atom. The fourth-order valence-electron chi connectivity index (χ4n) is 4.56.